The molecular formula is C15H26N2O4. The fraction of sp³-hybridized carbons (Fsp3) is 0.867. The molecule has 1 aliphatic heterocycles. The van der Waals surface area contributed by atoms with Crippen molar-refractivity contribution < 1.29 is 19.4 Å². The maximum atomic E-state index is 11.8. The van der Waals surface area contributed by atoms with E-state index in [-0.39, 0.29) is 18.0 Å². The van der Waals surface area contributed by atoms with Gasteiger partial charge in [0.15, 0.2) is 0 Å². The van der Waals surface area contributed by atoms with Crippen LogP contribution in [0.5, 0.6) is 0 Å². The summed E-state index contributed by atoms with van der Waals surface area (Å²) < 4.78 is 5.32. The van der Waals surface area contributed by atoms with Gasteiger partial charge in [0, 0.05) is 25.8 Å². The Bertz CT molecular complexity index is 348. The summed E-state index contributed by atoms with van der Waals surface area (Å²) in [6.45, 7) is 2.42. The monoisotopic (exact) mass is 298 g/mol. The van der Waals surface area contributed by atoms with Crippen molar-refractivity contribution in [3.8, 4) is 0 Å². The van der Waals surface area contributed by atoms with Crippen LogP contribution in [0.25, 0.3) is 0 Å². The number of carbonyl (C=O) groups excluding carboxylic acids is 1. The summed E-state index contributed by atoms with van der Waals surface area (Å²) in [4.78, 5) is 22.6. The average Bonchev–Trinajstić information content (AvgIpc) is 2.97. The highest BCUT2D eigenvalue weighted by molar-refractivity contribution is 5.74. The maximum absolute atomic E-state index is 11.8. The highest BCUT2D eigenvalue weighted by atomic mass is 16.5. The van der Waals surface area contributed by atoms with Crippen LogP contribution < -0.4 is 10.6 Å². The number of carboxylic acid groups (broad SMARTS) is 1. The number of carboxylic acids is 1. The van der Waals surface area contributed by atoms with Crippen LogP contribution in [0.4, 0.5) is 4.79 Å². The highest BCUT2D eigenvalue weighted by Gasteiger charge is 2.26. The van der Waals surface area contributed by atoms with E-state index >= 15 is 0 Å². The van der Waals surface area contributed by atoms with Crippen LogP contribution in [0.2, 0.25) is 0 Å². The molecule has 0 radical (unpaired) electrons. The van der Waals surface area contributed by atoms with Gasteiger partial charge in [-0.15, -0.1) is 0 Å². The molecule has 6 nitrogen and oxygen atoms in total. The molecule has 21 heavy (non-hydrogen) atoms. The van der Waals surface area contributed by atoms with Gasteiger partial charge in [0.2, 0.25) is 0 Å². The normalized spacial score (nSPS) is 29.0. The van der Waals surface area contributed by atoms with Crippen molar-refractivity contribution in [2.75, 3.05) is 19.8 Å². The number of hydrogen-bond acceptors (Lipinski definition) is 3. The van der Waals surface area contributed by atoms with Crippen LogP contribution in [0.3, 0.4) is 0 Å². The zero-order valence-corrected chi connectivity index (χ0v) is 12.5. The van der Waals surface area contributed by atoms with E-state index < -0.39 is 5.97 Å². The van der Waals surface area contributed by atoms with Gasteiger partial charge in [-0.2, -0.15) is 0 Å². The molecule has 0 spiro atoms. The molecule has 2 amide bonds. The number of nitrogens with one attached hydrogen (secondary N) is 2. The second-order valence-corrected chi connectivity index (χ2v) is 6.16. The number of urea groups is 1. The molecule has 1 saturated carbocycles. The zero-order chi connectivity index (χ0) is 15.1. The Hall–Kier alpha value is -1.30. The van der Waals surface area contributed by atoms with Crippen molar-refractivity contribution in [2.45, 2.75) is 51.0 Å². The molecule has 2 aliphatic rings. The molecule has 6 heteroatoms. The van der Waals surface area contributed by atoms with Crippen LogP contribution in [0.1, 0.15) is 44.9 Å². The first-order valence-corrected chi connectivity index (χ1v) is 8.00. The lowest BCUT2D eigenvalue weighted by Crippen LogP contribution is -2.44. The summed E-state index contributed by atoms with van der Waals surface area (Å²) in [6, 6.07) is -0.0136. The lowest BCUT2D eigenvalue weighted by atomic mass is 9.86. The predicted molar refractivity (Wildman–Crippen MR) is 78.1 cm³/mol. The number of rotatable bonds is 6. The fourth-order valence-corrected chi connectivity index (χ4v) is 3.12. The summed E-state index contributed by atoms with van der Waals surface area (Å²) in [5, 5.41) is 14.8. The Morgan fingerprint density at radius 1 is 1.14 bits per heavy atom. The van der Waals surface area contributed by atoms with E-state index in [9.17, 15) is 9.59 Å². The first kappa shape index (κ1) is 16.1. The van der Waals surface area contributed by atoms with Gasteiger partial charge in [-0.05, 0) is 50.9 Å². The Morgan fingerprint density at radius 3 is 2.52 bits per heavy atom. The topological polar surface area (TPSA) is 87.7 Å². The molecular weight excluding hydrogens is 272 g/mol. The molecule has 0 aromatic carbocycles. The van der Waals surface area contributed by atoms with Gasteiger partial charge in [0.25, 0.3) is 0 Å². The van der Waals surface area contributed by atoms with Crippen molar-refractivity contribution in [3.63, 3.8) is 0 Å². The van der Waals surface area contributed by atoms with Gasteiger partial charge in [-0.1, -0.05) is 0 Å². The summed E-state index contributed by atoms with van der Waals surface area (Å²) in [5.74, 6) is -0.297. The first-order valence-electron chi connectivity index (χ1n) is 8.00. The lowest BCUT2D eigenvalue weighted by molar-refractivity contribution is -0.142. The number of ether oxygens (including phenoxy) is 1. The van der Waals surface area contributed by atoms with Crippen LogP contribution in [-0.2, 0) is 9.53 Å². The summed E-state index contributed by atoms with van der Waals surface area (Å²) in [7, 11) is 0. The second kappa shape index (κ2) is 8.22. The van der Waals surface area contributed by atoms with E-state index in [4.69, 9.17) is 9.84 Å². The third-order valence-corrected chi connectivity index (χ3v) is 4.51. The number of carbonyl (C=O) groups is 2. The van der Waals surface area contributed by atoms with Crippen LogP contribution in [-0.4, -0.2) is 42.9 Å². The molecule has 2 fully saturated rings. The molecule has 1 heterocycles. The molecule has 3 N–H and O–H groups in total. The standard InChI is InChI=1S/C15H26N2O4/c18-14(19)12-3-5-13(6-4-12)17-15(20)16-8-1-2-11-7-9-21-10-11/h11-13H,1-10H2,(H,18,19)(H2,16,17,20). The minimum atomic E-state index is -0.714. The fourth-order valence-electron chi connectivity index (χ4n) is 3.12. The van der Waals surface area contributed by atoms with Gasteiger partial charge in [0.05, 0.1) is 5.92 Å². The van der Waals surface area contributed by atoms with Gasteiger partial charge >= 0.3 is 12.0 Å². The Kier molecular flexibility index (Phi) is 6.29. The van der Waals surface area contributed by atoms with Gasteiger partial charge < -0.3 is 20.5 Å². The third-order valence-electron chi connectivity index (χ3n) is 4.51. The van der Waals surface area contributed by atoms with E-state index in [1.807, 2.05) is 0 Å². The molecule has 1 saturated heterocycles. The number of amides is 2. The molecule has 0 aromatic heterocycles. The van der Waals surface area contributed by atoms with Crippen LogP contribution in [0.15, 0.2) is 0 Å². The lowest BCUT2D eigenvalue weighted by Gasteiger charge is -2.26. The molecule has 2 rings (SSSR count). The minimum absolute atomic E-state index is 0.115. The average molecular weight is 298 g/mol. The van der Waals surface area contributed by atoms with Gasteiger partial charge in [0.1, 0.15) is 0 Å². The summed E-state index contributed by atoms with van der Waals surface area (Å²) in [5.41, 5.74) is 0. The van der Waals surface area contributed by atoms with Gasteiger partial charge in [-0.25, -0.2) is 4.79 Å². The Labute approximate surface area is 125 Å². The van der Waals surface area contributed by atoms with E-state index in [0.29, 0.717) is 25.3 Å². The first-order chi connectivity index (χ1) is 10.1. The quantitative estimate of drug-likeness (QED) is 0.652. The molecule has 1 atom stereocenters. The Morgan fingerprint density at radius 2 is 1.90 bits per heavy atom. The second-order valence-electron chi connectivity index (χ2n) is 6.16. The van der Waals surface area contributed by atoms with Crippen molar-refractivity contribution in [3.05, 3.63) is 0 Å². The summed E-state index contributed by atoms with van der Waals surface area (Å²) >= 11 is 0. The number of aliphatic carboxylic acids is 1. The van der Waals surface area contributed by atoms with E-state index in [2.05, 4.69) is 10.6 Å². The molecule has 1 aliphatic carbocycles. The third kappa shape index (κ3) is 5.53. The SMILES string of the molecule is O=C(NCCCC1CCOC1)NC1CCC(C(=O)O)CC1. The van der Waals surface area contributed by atoms with Crippen LogP contribution >= 0.6 is 0 Å². The highest BCUT2D eigenvalue weighted by Crippen LogP contribution is 2.24. The van der Waals surface area contributed by atoms with Crippen molar-refractivity contribution >= 4 is 12.0 Å². The van der Waals surface area contributed by atoms with Crippen molar-refractivity contribution in [2.24, 2.45) is 11.8 Å². The van der Waals surface area contributed by atoms with Crippen LogP contribution in [0, 0.1) is 11.8 Å². The Balaban J connectivity index is 1.52. The minimum Gasteiger partial charge on any atom is -0.481 e. The van der Waals surface area contributed by atoms with Gasteiger partial charge in [-0.3, -0.25) is 4.79 Å². The van der Waals surface area contributed by atoms with E-state index in [0.717, 1.165) is 45.3 Å². The summed E-state index contributed by atoms with van der Waals surface area (Å²) in [6.07, 6.45) is 6.04. The maximum Gasteiger partial charge on any atom is 0.315 e. The predicted octanol–water partition coefficient (Wildman–Crippen LogP) is 1.75. The molecule has 0 aromatic rings. The van der Waals surface area contributed by atoms with E-state index in [1.54, 1.807) is 0 Å². The smallest absolute Gasteiger partial charge is 0.315 e. The van der Waals surface area contributed by atoms with Crippen molar-refractivity contribution in [1.29, 1.82) is 0 Å². The molecule has 0 bridgehead atoms. The molecule has 1 unspecified atom stereocenters. The number of hydrogen-bond donors (Lipinski definition) is 3. The van der Waals surface area contributed by atoms with Crippen molar-refractivity contribution in [1.82, 2.24) is 10.6 Å². The zero-order valence-electron chi connectivity index (χ0n) is 12.5. The largest absolute Gasteiger partial charge is 0.481 e. The molecule has 120 valence electrons. The van der Waals surface area contributed by atoms with E-state index in [1.165, 1.54) is 0 Å².